The number of rotatable bonds is 7. The predicted octanol–water partition coefficient (Wildman–Crippen LogP) is 3.82. The Bertz CT molecular complexity index is 2720. The van der Waals surface area contributed by atoms with E-state index in [0.29, 0.717) is 28.1 Å². The van der Waals surface area contributed by atoms with Gasteiger partial charge in [0, 0.05) is 43.6 Å². The number of carbonyl (C=O) groups excluding carboxylic acids is 2. The Hall–Kier alpha value is -6.03. The Kier molecular flexibility index (Phi) is 8.36. The van der Waals surface area contributed by atoms with Crippen LogP contribution in [0.3, 0.4) is 0 Å². The Morgan fingerprint density at radius 3 is 2.42 bits per heavy atom. The minimum absolute atomic E-state index is 0.0133. The van der Waals surface area contributed by atoms with E-state index in [1.807, 2.05) is 0 Å². The van der Waals surface area contributed by atoms with E-state index < -0.39 is 69.4 Å². The maximum atomic E-state index is 15.0. The minimum atomic E-state index is -1.62. The van der Waals surface area contributed by atoms with Gasteiger partial charge in [0.25, 0.3) is 5.56 Å². The molecule has 3 aromatic carbocycles. The number of phenolic OH excluding ortho intramolecular Hbond substituents is 1. The summed E-state index contributed by atoms with van der Waals surface area (Å²) in [4.78, 5) is 75.8. The lowest BCUT2D eigenvalue weighted by Gasteiger charge is -2.47. The highest BCUT2D eigenvalue weighted by molar-refractivity contribution is 6.31. The molecule has 1 saturated heterocycles. The topological polar surface area (TPSA) is 160 Å². The normalized spacial score (nSPS) is 21.7. The molecule has 0 spiro atoms. The molecule has 0 bridgehead atoms. The van der Waals surface area contributed by atoms with Gasteiger partial charge in [-0.15, -0.1) is 0 Å². The molecule has 1 aliphatic carbocycles. The molecule has 5 aromatic rings. The zero-order valence-corrected chi connectivity index (χ0v) is 30.6. The number of hydrogen-bond acceptors (Lipinski definition) is 9. The Balaban J connectivity index is 1.21. The minimum Gasteiger partial charge on any atom is -0.505 e. The van der Waals surface area contributed by atoms with E-state index in [1.165, 1.54) is 46.3 Å². The Morgan fingerprint density at radius 1 is 0.982 bits per heavy atom. The van der Waals surface area contributed by atoms with Crippen LogP contribution in [-0.4, -0.2) is 54.6 Å². The van der Waals surface area contributed by atoms with Crippen molar-refractivity contribution in [1.29, 1.82) is 0 Å². The van der Waals surface area contributed by atoms with Crippen LogP contribution in [-0.2, 0) is 36.1 Å². The monoisotopic (exact) mass is 774 g/mol. The van der Waals surface area contributed by atoms with Gasteiger partial charge in [-0.3, -0.25) is 14.4 Å². The third-order valence-electron chi connectivity index (χ3n) is 11.3. The summed E-state index contributed by atoms with van der Waals surface area (Å²) >= 11 is 6.05. The zero-order chi connectivity index (χ0) is 39.2. The number of fused-ring (bicyclic) bond motifs is 5. The SMILES string of the molecule is COc1cc2nc(CCn3c(=O)n4n(c3=O)[C@@H]3C[C@H]5C(=O)N(c6ccc(F)c(Cl)c6)C(=O)[C@@]5(C)[C@@H](c5cccc(F)c5O)C3=CC4)c(=O)n(C)c2cc1OC. The van der Waals surface area contributed by atoms with Crippen molar-refractivity contribution >= 4 is 40.1 Å². The van der Waals surface area contributed by atoms with Crippen LogP contribution in [0.1, 0.15) is 36.6 Å². The number of benzene rings is 3. The number of para-hydroxylation sites is 1. The number of halogens is 3. The molecule has 55 heavy (non-hydrogen) atoms. The van der Waals surface area contributed by atoms with Crippen LogP contribution in [0.2, 0.25) is 5.02 Å². The number of carbonyl (C=O) groups is 2. The van der Waals surface area contributed by atoms with Gasteiger partial charge >= 0.3 is 11.4 Å². The molecule has 2 aliphatic heterocycles. The van der Waals surface area contributed by atoms with Crippen LogP contribution in [0.25, 0.3) is 11.0 Å². The number of anilines is 1. The number of imide groups is 1. The second-order valence-electron chi connectivity index (χ2n) is 14.0. The van der Waals surface area contributed by atoms with Crippen molar-refractivity contribution in [3.63, 3.8) is 0 Å². The summed E-state index contributed by atoms with van der Waals surface area (Å²) in [5, 5.41) is 10.8. The molecule has 1 saturated carbocycles. The Labute approximate surface area is 315 Å². The average Bonchev–Trinajstić information content (AvgIpc) is 3.53. The molecule has 0 radical (unpaired) electrons. The fourth-order valence-electron chi connectivity index (χ4n) is 8.59. The molecular formula is C38H33ClF2N6O8. The van der Waals surface area contributed by atoms with Crippen LogP contribution >= 0.6 is 11.6 Å². The summed E-state index contributed by atoms with van der Waals surface area (Å²) < 4.78 is 44.7. The largest absolute Gasteiger partial charge is 0.505 e. The first-order valence-corrected chi connectivity index (χ1v) is 17.6. The van der Waals surface area contributed by atoms with Crippen LogP contribution < -0.4 is 31.3 Å². The maximum absolute atomic E-state index is 15.0. The molecule has 14 nitrogen and oxygen atoms in total. The van der Waals surface area contributed by atoms with Gasteiger partial charge in [-0.2, -0.15) is 0 Å². The zero-order valence-electron chi connectivity index (χ0n) is 29.9. The van der Waals surface area contributed by atoms with Crippen molar-refractivity contribution in [2.75, 3.05) is 19.1 Å². The van der Waals surface area contributed by atoms with Crippen LogP contribution in [0, 0.1) is 23.0 Å². The molecule has 4 atom stereocenters. The van der Waals surface area contributed by atoms with Crippen LogP contribution in [0.4, 0.5) is 14.5 Å². The van der Waals surface area contributed by atoms with E-state index in [0.717, 1.165) is 27.7 Å². The third kappa shape index (κ3) is 5.10. The summed E-state index contributed by atoms with van der Waals surface area (Å²) in [5.74, 6) is -5.29. The van der Waals surface area contributed by atoms with Gasteiger partial charge in [0.2, 0.25) is 11.8 Å². The number of amides is 2. The number of hydrogen-bond donors (Lipinski definition) is 1. The third-order valence-corrected chi connectivity index (χ3v) is 11.6. The average molecular weight is 775 g/mol. The summed E-state index contributed by atoms with van der Waals surface area (Å²) in [6.07, 6.45) is 1.44. The van der Waals surface area contributed by atoms with Crippen molar-refractivity contribution < 1.29 is 33.0 Å². The number of aromatic hydroxyl groups is 1. The highest BCUT2D eigenvalue weighted by atomic mass is 35.5. The molecule has 8 rings (SSSR count). The van der Waals surface area contributed by atoms with Crippen LogP contribution in [0.15, 0.2) is 74.6 Å². The van der Waals surface area contributed by atoms with E-state index >= 15 is 0 Å². The maximum Gasteiger partial charge on any atom is 0.347 e. The second kappa shape index (κ2) is 12.8. The Morgan fingerprint density at radius 2 is 1.71 bits per heavy atom. The standard InChI is InChI=1S/C38H33ClF2N6O8/c1-38-21(33(49)46(35(38)51)18-8-9-23(40)22(39)14-18)15-27-19(31(38)20-6-5-7-24(41)32(20)48)10-13-45-36(52)44(37(53)47(27)45)12-11-25-34(50)43(2)28-17-30(55-4)29(54-3)16-26(28)42-25/h5-10,14,16-17,21,27,31,48H,11-13,15H2,1-4H3/t21-,27+,31+,38+/m0/s1. The van der Waals surface area contributed by atoms with E-state index in [2.05, 4.69) is 4.98 Å². The highest BCUT2D eigenvalue weighted by Crippen LogP contribution is 2.62. The molecule has 3 aliphatic rings. The van der Waals surface area contributed by atoms with E-state index in [9.17, 15) is 37.9 Å². The first-order chi connectivity index (χ1) is 26.2. The molecule has 284 valence electrons. The fourth-order valence-corrected chi connectivity index (χ4v) is 8.76. The molecule has 4 heterocycles. The predicted molar refractivity (Wildman–Crippen MR) is 195 cm³/mol. The molecule has 0 unspecified atom stereocenters. The number of phenols is 1. The number of allylic oxidation sites excluding steroid dienone is 2. The lowest BCUT2D eigenvalue weighted by molar-refractivity contribution is -0.129. The van der Waals surface area contributed by atoms with Crippen LogP contribution in [0.5, 0.6) is 17.2 Å². The number of methoxy groups -OCH3 is 2. The van der Waals surface area contributed by atoms with Gasteiger partial charge in [0.05, 0.1) is 59.9 Å². The van der Waals surface area contributed by atoms with Crippen molar-refractivity contribution in [2.24, 2.45) is 18.4 Å². The molecule has 2 fully saturated rings. The second-order valence-corrected chi connectivity index (χ2v) is 14.4. The van der Waals surface area contributed by atoms with Crippen molar-refractivity contribution in [3.8, 4) is 17.2 Å². The van der Waals surface area contributed by atoms with Crippen molar-refractivity contribution in [2.45, 2.75) is 44.8 Å². The lowest BCUT2D eigenvalue weighted by Crippen LogP contribution is -2.49. The molecule has 1 N–H and O–H groups in total. The van der Waals surface area contributed by atoms with Gasteiger partial charge in [0.15, 0.2) is 23.1 Å². The summed E-state index contributed by atoms with van der Waals surface area (Å²) in [5.41, 5.74) is -2.04. The lowest BCUT2D eigenvalue weighted by atomic mass is 9.56. The van der Waals surface area contributed by atoms with Crippen molar-refractivity contribution in [3.05, 3.63) is 119 Å². The van der Waals surface area contributed by atoms with E-state index in [4.69, 9.17) is 21.1 Å². The van der Waals surface area contributed by atoms with Gasteiger partial charge in [0.1, 0.15) is 11.5 Å². The highest BCUT2D eigenvalue weighted by Gasteiger charge is 2.66. The van der Waals surface area contributed by atoms with E-state index in [1.54, 1.807) is 32.2 Å². The first-order valence-electron chi connectivity index (χ1n) is 17.3. The van der Waals surface area contributed by atoms with Gasteiger partial charge in [-0.05, 0) is 43.2 Å². The first kappa shape index (κ1) is 36.0. The van der Waals surface area contributed by atoms with Gasteiger partial charge in [-0.25, -0.2) is 42.2 Å². The number of nitrogens with zero attached hydrogens (tertiary/aromatic N) is 6. The summed E-state index contributed by atoms with van der Waals surface area (Å²) in [7, 11) is 4.50. The summed E-state index contributed by atoms with van der Waals surface area (Å²) in [6.45, 7) is 1.20. The number of aryl methyl sites for hydroxylation is 2. The number of ether oxygens (including phenoxy) is 2. The molecule has 17 heteroatoms. The summed E-state index contributed by atoms with van der Waals surface area (Å²) in [6, 6.07) is 9.55. The fraction of sp³-hybridized carbons (Fsp3) is 0.316. The van der Waals surface area contributed by atoms with E-state index in [-0.39, 0.29) is 47.9 Å². The molecular weight excluding hydrogens is 742 g/mol. The quantitative estimate of drug-likeness (QED) is 0.192. The molecule has 2 amide bonds. The van der Waals surface area contributed by atoms with Crippen molar-refractivity contribution in [1.82, 2.24) is 23.5 Å². The molecule has 2 aromatic heterocycles. The smallest absolute Gasteiger partial charge is 0.347 e. The van der Waals surface area contributed by atoms with Gasteiger partial charge in [-0.1, -0.05) is 29.8 Å². The van der Waals surface area contributed by atoms with Gasteiger partial charge < -0.3 is 19.1 Å². The number of aromatic nitrogens is 5.